The van der Waals surface area contributed by atoms with Crippen molar-refractivity contribution in [3.63, 3.8) is 0 Å². The van der Waals surface area contributed by atoms with Crippen LogP contribution < -0.4 is 0 Å². The zero-order chi connectivity index (χ0) is 13.0. The van der Waals surface area contributed by atoms with Crippen molar-refractivity contribution in [2.45, 2.75) is 37.4 Å². The van der Waals surface area contributed by atoms with E-state index in [0.717, 1.165) is 19.3 Å². The maximum Gasteiger partial charge on any atom is 0.217 e. The molecule has 2 rings (SSSR count). The predicted octanol–water partition coefficient (Wildman–Crippen LogP) is 1.84. The highest BCUT2D eigenvalue weighted by molar-refractivity contribution is 7.89. The molecule has 2 aliphatic rings. The Morgan fingerprint density at radius 2 is 1.94 bits per heavy atom. The van der Waals surface area contributed by atoms with Crippen LogP contribution in [0.4, 0.5) is 0 Å². The summed E-state index contributed by atoms with van der Waals surface area (Å²) in [4.78, 5) is 0. The average molecular weight is 296 g/mol. The third kappa shape index (κ3) is 3.38. The second kappa shape index (κ2) is 6.55. The topological polar surface area (TPSA) is 46.6 Å². The summed E-state index contributed by atoms with van der Waals surface area (Å²) in [7, 11) is -3.13. The molecule has 0 aliphatic carbocycles. The maximum atomic E-state index is 12.5. The van der Waals surface area contributed by atoms with Crippen molar-refractivity contribution < 1.29 is 13.2 Å². The van der Waals surface area contributed by atoms with Crippen molar-refractivity contribution in [3.8, 4) is 0 Å². The van der Waals surface area contributed by atoms with Crippen LogP contribution in [0, 0.1) is 5.92 Å². The fourth-order valence-electron chi connectivity index (χ4n) is 2.83. The van der Waals surface area contributed by atoms with E-state index in [9.17, 15) is 8.42 Å². The minimum absolute atomic E-state index is 0.235. The highest BCUT2D eigenvalue weighted by Crippen LogP contribution is 2.26. The van der Waals surface area contributed by atoms with Crippen LogP contribution >= 0.6 is 11.6 Å². The standard InChI is InChI=1S/C12H22ClNO3S/c13-6-3-11-2-1-7-14(10-11)18(15,16)12-4-8-17-9-5-12/h11-12H,1-10H2. The summed E-state index contributed by atoms with van der Waals surface area (Å²) in [5.41, 5.74) is 0. The minimum Gasteiger partial charge on any atom is -0.381 e. The second-order valence-electron chi connectivity index (χ2n) is 5.20. The van der Waals surface area contributed by atoms with Crippen molar-refractivity contribution >= 4 is 21.6 Å². The second-order valence-corrected chi connectivity index (χ2v) is 7.79. The van der Waals surface area contributed by atoms with Crippen LogP contribution in [0.25, 0.3) is 0 Å². The molecule has 1 atom stereocenters. The number of hydrogen-bond acceptors (Lipinski definition) is 3. The number of hydrogen-bond donors (Lipinski definition) is 0. The lowest BCUT2D eigenvalue weighted by molar-refractivity contribution is 0.0966. The van der Waals surface area contributed by atoms with Crippen molar-refractivity contribution in [1.29, 1.82) is 0 Å². The average Bonchev–Trinajstić information content (AvgIpc) is 2.40. The normalized spacial score (nSPS) is 28.4. The van der Waals surface area contributed by atoms with Gasteiger partial charge in [0.1, 0.15) is 0 Å². The summed E-state index contributed by atoms with van der Waals surface area (Å²) >= 11 is 5.76. The lowest BCUT2D eigenvalue weighted by atomic mass is 9.97. The van der Waals surface area contributed by atoms with Gasteiger partial charge in [0.25, 0.3) is 0 Å². The maximum absolute atomic E-state index is 12.5. The van der Waals surface area contributed by atoms with Crippen LogP contribution in [-0.2, 0) is 14.8 Å². The van der Waals surface area contributed by atoms with Crippen molar-refractivity contribution in [2.75, 3.05) is 32.2 Å². The molecular weight excluding hydrogens is 274 g/mol. The molecule has 18 heavy (non-hydrogen) atoms. The zero-order valence-electron chi connectivity index (χ0n) is 10.7. The SMILES string of the molecule is O=S(=O)(C1CCOCC1)N1CCCC(CCCl)C1. The molecule has 2 fully saturated rings. The molecule has 0 aromatic heterocycles. The molecule has 0 amide bonds. The van der Waals surface area contributed by atoms with Gasteiger partial charge in [-0.15, -0.1) is 11.6 Å². The van der Waals surface area contributed by atoms with Gasteiger partial charge in [0, 0.05) is 32.2 Å². The lowest BCUT2D eigenvalue weighted by Gasteiger charge is -2.35. The largest absolute Gasteiger partial charge is 0.381 e. The van der Waals surface area contributed by atoms with Crippen molar-refractivity contribution in [2.24, 2.45) is 5.92 Å². The number of rotatable bonds is 4. The number of piperidine rings is 1. The van der Waals surface area contributed by atoms with Gasteiger partial charge in [0.05, 0.1) is 5.25 Å². The fourth-order valence-corrected chi connectivity index (χ4v) is 5.15. The smallest absolute Gasteiger partial charge is 0.217 e. The molecule has 0 bridgehead atoms. The zero-order valence-corrected chi connectivity index (χ0v) is 12.3. The van der Waals surface area contributed by atoms with Gasteiger partial charge in [-0.3, -0.25) is 0 Å². The quantitative estimate of drug-likeness (QED) is 0.744. The van der Waals surface area contributed by atoms with Gasteiger partial charge in [-0.1, -0.05) is 0 Å². The molecule has 1 unspecified atom stereocenters. The number of nitrogens with zero attached hydrogens (tertiary/aromatic N) is 1. The first kappa shape index (κ1) is 14.6. The van der Waals surface area contributed by atoms with Gasteiger partial charge in [-0.05, 0) is 38.0 Å². The van der Waals surface area contributed by atoms with Crippen LogP contribution in [0.2, 0.25) is 0 Å². The van der Waals surface area contributed by atoms with E-state index in [4.69, 9.17) is 16.3 Å². The highest BCUT2D eigenvalue weighted by Gasteiger charge is 2.35. The molecule has 2 heterocycles. The first-order valence-corrected chi connectivity index (χ1v) is 8.81. The Bertz CT molecular complexity index is 352. The van der Waals surface area contributed by atoms with Crippen molar-refractivity contribution in [1.82, 2.24) is 4.31 Å². The Morgan fingerprint density at radius 3 is 2.61 bits per heavy atom. The van der Waals surface area contributed by atoms with E-state index >= 15 is 0 Å². The third-order valence-corrected chi connectivity index (χ3v) is 6.53. The summed E-state index contributed by atoms with van der Waals surface area (Å²) in [6.45, 7) is 2.48. The molecule has 4 nitrogen and oxygen atoms in total. The summed E-state index contributed by atoms with van der Waals surface area (Å²) < 4.78 is 32.0. The number of alkyl halides is 1. The van der Waals surface area contributed by atoms with E-state index in [0.29, 0.717) is 50.9 Å². The molecule has 0 aromatic carbocycles. The Labute approximate surface area is 115 Å². The van der Waals surface area contributed by atoms with Crippen LogP contribution in [0.15, 0.2) is 0 Å². The van der Waals surface area contributed by atoms with Crippen molar-refractivity contribution in [3.05, 3.63) is 0 Å². The van der Waals surface area contributed by atoms with E-state index < -0.39 is 10.0 Å². The molecule has 0 N–H and O–H groups in total. The monoisotopic (exact) mass is 295 g/mol. The van der Waals surface area contributed by atoms with E-state index in [1.54, 1.807) is 4.31 Å². The predicted molar refractivity (Wildman–Crippen MR) is 72.4 cm³/mol. The van der Waals surface area contributed by atoms with Crippen LogP contribution in [0.5, 0.6) is 0 Å². The summed E-state index contributed by atoms with van der Waals surface area (Å²) in [6, 6.07) is 0. The first-order valence-electron chi connectivity index (χ1n) is 6.77. The summed E-state index contributed by atoms with van der Waals surface area (Å²) in [5.74, 6) is 1.06. The first-order chi connectivity index (χ1) is 8.64. The number of ether oxygens (including phenoxy) is 1. The molecule has 106 valence electrons. The number of halogens is 1. The van der Waals surface area contributed by atoms with Gasteiger partial charge in [-0.2, -0.15) is 0 Å². The molecule has 0 aromatic rings. The van der Waals surface area contributed by atoms with Gasteiger partial charge >= 0.3 is 0 Å². The van der Waals surface area contributed by atoms with Crippen LogP contribution in [0.3, 0.4) is 0 Å². The molecule has 0 saturated carbocycles. The Kier molecular flexibility index (Phi) is 5.30. The Balaban J connectivity index is 1.99. The van der Waals surface area contributed by atoms with E-state index in [1.165, 1.54) is 0 Å². The number of sulfonamides is 1. The van der Waals surface area contributed by atoms with Gasteiger partial charge in [0.15, 0.2) is 0 Å². The third-order valence-electron chi connectivity index (χ3n) is 3.95. The molecular formula is C12H22ClNO3S. The molecule has 2 aliphatic heterocycles. The van der Waals surface area contributed by atoms with Gasteiger partial charge in [-0.25, -0.2) is 12.7 Å². The van der Waals surface area contributed by atoms with E-state index in [1.807, 2.05) is 0 Å². The van der Waals surface area contributed by atoms with Crippen LogP contribution in [0.1, 0.15) is 32.1 Å². The van der Waals surface area contributed by atoms with E-state index in [-0.39, 0.29) is 5.25 Å². The van der Waals surface area contributed by atoms with Gasteiger partial charge in [0.2, 0.25) is 10.0 Å². The Hall–Kier alpha value is 0.160. The molecule has 0 spiro atoms. The summed E-state index contributed by atoms with van der Waals surface area (Å²) in [6.07, 6.45) is 4.26. The van der Waals surface area contributed by atoms with Crippen LogP contribution in [-0.4, -0.2) is 50.2 Å². The Morgan fingerprint density at radius 1 is 1.22 bits per heavy atom. The fraction of sp³-hybridized carbons (Fsp3) is 1.00. The van der Waals surface area contributed by atoms with E-state index in [2.05, 4.69) is 0 Å². The minimum atomic E-state index is -3.13. The van der Waals surface area contributed by atoms with Gasteiger partial charge < -0.3 is 4.74 Å². The molecule has 2 saturated heterocycles. The highest BCUT2D eigenvalue weighted by atomic mass is 35.5. The lowest BCUT2D eigenvalue weighted by Crippen LogP contribution is -2.46. The summed E-state index contributed by atoms with van der Waals surface area (Å²) in [5, 5.41) is -0.235. The molecule has 0 radical (unpaired) electrons. The molecule has 6 heteroatoms.